The summed E-state index contributed by atoms with van der Waals surface area (Å²) in [6.07, 6.45) is 0. The second-order valence-electron chi connectivity index (χ2n) is 9.85. The van der Waals surface area contributed by atoms with Gasteiger partial charge in [-0.2, -0.15) is 0 Å². The van der Waals surface area contributed by atoms with Crippen LogP contribution in [0.15, 0.2) is 121 Å². The summed E-state index contributed by atoms with van der Waals surface area (Å²) in [7, 11) is 0. The van der Waals surface area contributed by atoms with Crippen LogP contribution in [0.25, 0.3) is 71.1 Å². The van der Waals surface area contributed by atoms with E-state index in [1.165, 1.54) is 76.7 Å². The molecule has 0 saturated carbocycles. The molecule has 8 rings (SSSR count). The monoisotopic (exact) mass is 457 g/mol. The van der Waals surface area contributed by atoms with Crippen molar-refractivity contribution in [1.82, 2.24) is 4.40 Å². The van der Waals surface area contributed by atoms with Crippen LogP contribution in [-0.2, 0) is 0 Å². The Morgan fingerprint density at radius 1 is 0.472 bits per heavy atom. The van der Waals surface area contributed by atoms with Gasteiger partial charge in [0.05, 0.1) is 16.6 Å². The van der Waals surface area contributed by atoms with E-state index in [2.05, 4.69) is 133 Å². The highest BCUT2D eigenvalue weighted by Crippen LogP contribution is 2.44. The van der Waals surface area contributed by atoms with Crippen molar-refractivity contribution < 1.29 is 0 Å². The first kappa shape index (κ1) is 19.7. The number of fused-ring (bicyclic) bond motifs is 8. The van der Waals surface area contributed by atoms with Crippen molar-refractivity contribution in [2.75, 3.05) is 0 Å². The summed E-state index contributed by atoms with van der Waals surface area (Å²) in [5, 5.41) is 7.91. The molecule has 0 amide bonds. The average molecular weight is 458 g/mol. The minimum Gasteiger partial charge on any atom is -0.308 e. The van der Waals surface area contributed by atoms with Crippen molar-refractivity contribution in [3.63, 3.8) is 0 Å². The molecular weight excluding hydrogens is 434 g/mol. The molecule has 0 aliphatic heterocycles. The molecule has 0 spiro atoms. The summed E-state index contributed by atoms with van der Waals surface area (Å²) >= 11 is 0. The van der Waals surface area contributed by atoms with Gasteiger partial charge >= 0.3 is 0 Å². The first-order valence-electron chi connectivity index (χ1n) is 12.5. The van der Waals surface area contributed by atoms with E-state index in [1.54, 1.807) is 0 Å². The van der Waals surface area contributed by atoms with Gasteiger partial charge in [0.15, 0.2) is 0 Å². The van der Waals surface area contributed by atoms with Crippen molar-refractivity contribution in [2.45, 2.75) is 6.92 Å². The Kier molecular flexibility index (Phi) is 3.93. The second-order valence-corrected chi connectivity index (χ2v) is 9.85. The Labute approximate surface area is 209 Å². The molecule has 36 heavy (non-hydrogen) atoms. The zero-order valence-corrected chi connectivity index (χ0v) is 20.0. The molecule has 0 saturated heterocycles. The summed E-state index contributed by atoms with van der Waals surface area (Å²) < 4.78 is 2.47. The van der Waals surface area contributed by atoms with Crippen LogP contribution in [0, 0.1) is 6.92 Å². The quantitative estimate of drug-likeness (QED) is 0.243. The van der Waals surface area contributed by atoms with E-state index in [1.807, 2.05) is 0 Å². The molecule has 0 fully saturated rings. The van der Waals surface area contributed by atoms with Crippen LogP contribution in [0.4, 0.5) is 0 Å². The summed E-state index contributed by atoms with van der Waals surface area (Å²) in [6.45, 7) is 2.22. The SMILES string of the molecule is Cc1ccc(-c2ccccc2)cc1-c1cc2c3ccccc3n3c4ccc5ccccc5c4c(c1)c23. The lowest BCUT2D eigenvalue weighted by molar-refractivity contribution is 1.37. The molecule has 1 nitrogen and oxygen atoms in total. The van der Waals surface area contributed by atoms with E-state index in [-0.39, 0.29) is 0 Å². The molecule has 0 radical (unpaired) electrons. The molecule has 2 heterocycles. The third kappa shape index (κ3) is 2.60. The molecule has 1 heteroatoms. The van der Waals surface area contributed by atoms with Crippen molar-refractivity contribution in [3.8, 4) is 22.3 Å². The first-order valence-corrected chi connectivity index (χ1v) is 12.5. The number of rotatable bonds is 2. The van der Waals surface area contributed by atoms with Crippen molar-refractivity contribution in [3.05, 3.63) is 127 Å². The molecule has 2 aromatic heterocycles. The number of hydrogen-bond acceptors (Lipinski definition) is 0. The predicted molar refractivity (Wildman–Crippen MR) is 154 cm³/mol. The minimum absolute atomic E-state index is 1.25. The molecule has 0 atom stereocenters. The van der Waals surface area contributed by atoms with Gasteiger partial charge in [0, 0.05) is 21.5 Å². The summed E-state index contributed by atoms with van der Waals surface area (Å²) in [6, 6.07) is 44.5. The highest BCUT2D eigenvalue weighted by molar-refractivity contribution is 6.29. The van der Waals surface area contributed by atoms with Gasteiger partial charge in [-0.25, -0.2) is 0 Å². The Hall–Kier alpha value is -4.62. The van der Waals surface area contributed by atoms with Crippen LogP contribution in [0.5, 0.6) is 0 Å². The van der Waals surface area contributed by atoms with Gasteiger partial charge in [-0.1, -0.05) is 91.0 Å². The maximum atomic E-state index is 2.47. The molecule has 0 aliphatic carbocycles. The first-order chi connectivity index (χ1) is 17.8. The lowest BCUT2D eigenvalue weighted by atomic mass is 9.92. The van der Waals surface area contributed by atoms with Crippen LogP contribution in [0.1, 0.15) is 5.56 Å². The van der Waals surface area contributed by atoms with E-state index < -0.39 is 0 Å². The van der Waals surface area contributed by atoms with Gasteiger partial charge in [-0.05, 0) is 75.8 Å². The molecule has 0 N–H and O–H groups in total. The fraction of sp³-hybridized carbons (Fsp3) is 0.0286. The molecule has 0 aliphatic rings. The summed E-state index contributed by atoms with van der Waals surface area (Å²) in [5.74, 6) is 0. The molecule has 0 unspecified atom stereocenters. The Balaban J connectivity index is 1.54. The summed E-state index contributed by atoms with van der Waals surface area (Å²) in [5.41, 5.74) is 10.2. The van der Waals surface area contributed by atoms with Crippen LogP contribution >= 0.6 is 0 Å². The Bertz CT molecular complexity index is 2090. The van der Waals surface area contributed by atoms with Crippen molar-refractivity contribution in [1.29, 1.82) is 0 Å². The molecule has 0 bridgehead atoms. The largest absolute Gasteiger partial charge is 0.308 e. The van der Waals surface area contributed by atoms with E-state index in [4.69, 9.17) is 0 Å². The van der Waals surface area contributed by atoms with Gasteiger partial charge in [-0.15, -0.1) is 0 Å². The summed E-state index contributed by atoms with van der Waals surface area (Å²) in [4.78, 5) is 0. The minimum atomic E-state index is 1.25. The zero-order chi connectivity index (χ0) is 23.8. The highest BCUT2D eigenvalue weighted by atomic mass is 14.9. The molecule has 168 valence electrons. The second kappa shape index (κ2) is 7.19. The average Bonchev–Trinajstić information content (AvgIpc) is 3.45. The number of hydrogen-bond donors (Lipinski definition) is 0. The Morgan fingerprint density at radius 2 is 1.22 bits per heavy atom. The fourth-order valence-electron chi connectivity index (χ4n) is 6.17. The normalized spacial score (nSPS) is 12.0. The van der Waals surface area contributed by atoms with Gasteiger partial charge in [0.1, 0.15) is 0 Å². The number of aryl methyl sites for hydroxylation is 1. The maximum absolute atomic E-state index is 2.47. The van der Waals surface area contributed by atoms with Crippen molar-refractivity contribution >= 4 is 48.9 Å². The smallest absolute Gasteiger partial charge is 0.0621 e. The van der Waals surface area contributed by atoms with Gasteiger partial charge < -0.3 is 4.40 Å². The van der Waals surface area contributed by atoms with E-state index in [0.717, 1.165) is 0 Å². The van der Waals surface area contributed by atoms with Crippen LogP contribution < -0.4 is 0 Å². The van der Waals surface area contributed by atoms with Crippen molar-refractivity contribution in [2.24, 2.45) is 0 Å². The van der Waals surface area contributed by atoms with Crippen LogP contribution in [0.2, 0.25) is 0 Å². The lowest BCUT2D eigenvalue weighted by Gasteiger charge is -2.11. The number of benzene rings is 6. The number of para-hydroxylation sites is 1. The zero-order valence-electron chi connectivity index (χ0n) is 20.0. The molecule has 8 aromatic rings. The number of nitrogens with zero attached hydrogens (tertiary/aromatic N) is 1. The van der Waals surface area contributed by atoms with Gasteiger partial charge in [-0.3, -0.25) is 0 Å². The van der Waals surface area contributed by atoms with E-state index >= 15 is 0 Å². The van der Waals surface area contributed by atoms with Gasteiger partial charge in [0.25, 0.3) is 0 Å². The predicted octanol–water partition coefficient (Wildman–Crippen LogP) is 9.63. The molecule has 6 aromatic carbocycles. The van der Waals surface area contributed by atoms with Crippen LogP contribution in [0.3, 0.4) is 0 Å². The fourth-order valence-corrected chi connectivity index (χ4v) is 6.17. The van der Waals surface area contributed by atoms with E-state index in [9.17, 15) is 0 Å². The third-order valence-electron chi connectivity index (χ3n) is 7.84. The van der Waals surface area contributed by atoms with Gasteiger partial charge in [0.2, 0.25) is 0 Å². The standard InChI is InChI=1S/C35H23N/c1-22-15-16-25(23-9-3-2-4-10-23)19-29(22)26-20-30-28-13-7-8-14-32(28)36-33-18-17-24-11-5-6-12-27(24)34(33)31(21-26)35(30)36/h2-21H,1H3. The topological polar surface area (TPSA) is 4.41 Å². The highest BCUT2D eigenvalue weighted by Gasteiger charge is 2.20. The van der Waals surface area contributed by atoms with E-state index in [0.29, 0.717) is 0 Å². The lowest BCUT2D eigenvalue weighted by Crippen LogP contribution is -1.86. The molecular formula is C35H23N. The Morgan fingerprint density at radius 3 is 2.11 bits per heavy atom. The maximum Gasteiger partial charge on any atom is 0.0621 e. The third-order valence-corrected chi connectivity index (χ3v) is 7.84. The number of aromatic nitrogens is 1. The van der Waals surface area contributed by atoms with Crippen LogP contribution in [-0.4, -0.2) is 4.40 Å².